The van der Waals surface area contributed by atoms with Crippen LogP contribution in [0.4, 0.5) is 0 Å². The van der Waals surface area contributed by atoms with Gasteiger partial charge in [0.15, 0.2) is 0 Å². The second-order valence-electron chi connectivity index (χ2n) is 6.32. The van der Waals surface area contributed by atoms with Crippen LogP contribution in [0.3, 0.4) is 0 Å². The van der Waals surface area contributed by atoms with Crippen LogP contribution in [0.25, 0.3) is 0 Å². The van der Waals surface area contributed by atoms with Crippen molar-refractivity contribution in [3.05, 3.63) is 0 Å². The molecule has 1 aliphatic carbocycles. The van der Waals surface area contributed by atoms with Crippen molar-refractivity contribution in [2.24, 2.45) is 11.7 Å². The van der Waals surface area contributed by atoms with Crippen LogP contribution in [0.1, 0.15) is 78.1 Å². The highest BCUT2D eigenvalue weighted by Crippen LogP contribution is 2.39. The highest BCUT2D eigenvalue weighted by Gasteiger charge is 2.41. The largest absolute Gasteiger partial charge is 0.349 e. The molecule has 0 bridgehead atoms. The van der Waals surface area contributed by atoms with E-state index in [1.165, 1.54) is 51.4 Å². The van der Waals surface area contributed by atoms with Gasteiger partial charge < -0.3 is 11.1 Å². The lowest BCUT2D eigenvalue weighted by molar-refractivity contribution is -0.123. The summed E-state index contributed by atoms with van der Waals surface area (Å²) in [5, 5.41) is 3.15. The normalized spacial score (nSPS) is 18.1. The van der Waals surface area contributed by atoms with Crippen molar-refractivity contribution in [2.45, 2.75) is 83.6 Å². The third-order valence-electron chi connectivity index (χ3n) is 4.33. The number of hydrogen-bond donors (Lipinski definition) is 2. The molecule has 1 fully saturated rings. The highest BCUT2D eigenvalue weighted by atomic mass is 16.1. The number of hydrogen-bond acceptors (Lipinski definition) is 2. The summed E-state index contributed by atoms with van der Waals surface area (Å²) in [5.41, 5.74) is 5.65. The molecule has 1 aliphatic rings. The molecule has 0 aromatic carbocycles. The van der Waals surface area contributed by atoms with Gasteiger partial charge in [0.25, 0.3) is 0 Å². The number of rotatable bonds is 11. The Morgan fingerprint density at radius 2 is 1.74 bits per heavy atom. The van der Waals surface area contributed by atoms with Gasteiger partial charge in [0, 0.05) is 13.0 Å². The molecule has 3 nitrogen and oxygen atoms in total. The number of nitrogens with two attached hydrogens (primary N) is 1. The Bertz CT molecular complexity index is 263. The van der Waals surface area contributed by atoms with Gasteiger partial charge in [-0.25, -0.2) is 0 Å². The van der Waals surface area contributed by atoms with E-state index in [-0.39, 0.29) is 11.4 Å². The van der Waals surface area contributed by atoms with Gasteiger partial charge in [-0.05, 0) is 32.1 Å². The molecule has 1 amide bonds. The van der Waals surface area contributed by atoms with Crippen LogP contribution in [0, 0.1) is 5.92 Å². The molecular weight excluding hydrogens is 236 g/mol. The number of nitrogens with one attached hydrogen (secondary N) is 1. The maximum atomic E-state index is 11.9. The second-order valence-corrected chi connectivity index (χ2v) is 6.32. The van der Waals surface area contributed by atoms with E-state index in [2.05, 4.69) is 19.2 Å². The van der Waals surface area contributed by atoms with E-state index in [0.717, 1.165) is 6.42 Å². The predicted molar refractivity (Wildman–Crippen MR) is 80.9 cm³/mol. The Morgan fingerprint density at radius 3 is 2.26 bits per heavy atom. The van der Waals surface area contributed by atoms with Crippen molar-refractivity contribution >= 4 is 5.91 Å². The third kappa shape index (κ3) is 6.42. The molecule has 112 valence electrons. The first-order valence-corrected chi connectivity index (χ1v) is 8.13. The van der Waals surface area contributed by atoms with Crippen molar-refractivity contribution in [3.63, 3.8) is 0 Å². The maximum absolute atomic E-state index is 11.9. The number of amides is 1. The number of unbranched alkanes of at least 4 members (excludes halogenated alkanes) is 6. The van der Waals surface area contributed by atoms with Gasteiger partial charge in [0.1, 0.15) is 0 Å². The Balaban J connectivity index is 2.04. The Morgan fingerprint density at radius 1 is 1.16 bits per heavy atom. The molecule has 0 radical (unpaired) electrons. The van der Waals surface area contributed by atoms with Crippen LogP contribution in [-0.4, -0.2) is 18.0 Å². The molecule has 0 aromatic heterocycles. The fourth-order valence-corrected chi connectivity index (χ4v) is 2.66. The van der Waals surface area contributed by atoms with E-state index in [9.17, 15) is 4.79 Å². The molecule has 0 saturated heterocycles. The van der Waals surface area contributed by atoms with Crippen LogP contribution in [0.2, 0.25) is 0 Å². The quantitative estimate of drug-likeness (QED) is 0.564. The van der Waals surface area contributed by atoms with Crippen LogP contribution in [-0.2, 0) is 4.79 Å². The van der Waals surface area contributed by atoms with Gasteiger partial charge in [-0.15, -0.1) is 0 Å². The zero-order chi connectivity index (χ0) is 14.1. The molecule has 1 unspecified atom stereocenters. The third-order valence-corrected chi connectivity index (χ3v) is 4.33. The molecule has 3 heteroatoms. The monoisotopic (exact) mass is 268 g/mol. The highest BCUT2D eigenvalue weighted by molar-refractivity contribution is 5.76. The van der Waals surface area contributed by atoms with Crippen molar-refractivity contribution in [1.82, 2.24) is 5.32 Å². The van der Waals surface area contributed by atoms with Crippen LogP contribution in [0.5, 0.6) is 0 Å². The van der Waals surface area contributed by atoms with E-state index < -0.39 is 0 Å². The summed E-state index contributed by atoms with van der Waals surface area (Å²) < 4.78 is 0. The molecule has 3 N–H and O–H groups in total. The zero-order valence-electron chi connectivity index (χ0n) is 12.8. The number of carbonyl (C=O) groups excluding carboxylic acids is 1. The van der Waals surface area contributed by atoms with Gasteiger partial charge in [0.2, 0.25) is 5.91 Å². The lowest BCUT2D eigenvalue weighted by Crippen LogP contribution is -2.53. The predicted octanol–water partition coefficient (Wildman–Crippen LogP) is 3.37. The van der Waals surface area contributed by atoms with E-state index in [0.29, 0.717) is 18.9 Å². The summed E-state index contributed by atoms with van der Waals surface area (Å²) in [6.07, 6.45) is 11.9. The van der Waals surface area contributed by atoms with E-state index in [1.54, 1.807) is 0 Å². The molecule has 19 heavy (non-hydrogen) atoms. The molecule has 0 aromatic rings. The molecule has 0 aliphatic heterocycles. The SMILES string of the molecule is CCCCCCCCCC(=O)NC(C)(CN)C1CC1. The molecule has 1 rings (SSSR count). The molecule has 0 spiro atoms. The lowest BCUT2D eigenvalue weighted by atomic mass is 9.95. The first kappa shape index (κ1) is 16.5. The molecular formula is C16H32N2O. The summed E-state index contributed by atoms with van der Waals surface area (Å²) in [6, 6.07) is 0. The number of carbonyl (C=O) groups is 1. The van der Waals surface area contributed by atoms with Crippen molar-refractivity contribution < 1.29 is 4.79 Å². The summed E-state index contributed by atoms with van der Waals surface area (Å²) >= 11 is 0. The first-order chi connectivity index (χ1) is 9.12. The average molecular weight is 268 g/mol. The van der Waals surface area contributed by atoms with Crippen molar-refractivity contribution in [2.75, 3.05) is 6.54 Å². The maximum Gasteiger partial charge on any atom is 0.220 e. The van der Waals surface area contributed by atoms with Crippen molar-refractivity contribution in [3.8, 4) is 0 Å². The summed E-state index contributed by atoms with van der Waals surface area (Å²) in [5.74, 6) is 0.795. The Kier molecular flexibility index (Phi) is 7.44. The summed E-state index contributed by atoms with van der Waals surface area (Å²) in [6.45, 7) is 4.88. The zero-order valence-corrected chi connectivity index (χ0v) is 12.8. The van der Waals surface area contributed by atoms with Crippen molar-refractivity contribution in [1.29, 1.82) is 0 Å². The second kappa shape index (κ2) is 8.57. The van der Waals surface area contributed by atoms with Gasteiger partial charge in [-0.1, -0.05) is 45.4 Å². The minimum Gasteiger partial charge on any atom is -0.349 e. The smallest absolute Gasteiger partial charge is 0.220 e. The van der Waals surface area contributed by atoms with E-state index in [1.807, 2.05) is 0 Å². The first-order valence-electron chi connectivity index (χ1n) is 8.13. The topological polar surface area (TPSA) is 55.1 Å². The lowest BCUT2D eigenvalue weighted by Gasteiger charge is -2.29. The fourth-order valence-electron chi connectivity index (χ4n) is 2.66. The summed E-state index contributed by atoms with van der Waals surface area (Å²) in [7, 11) is 0. The van der Waals surface area contributed by atoms with Crippen LogP contribution >= 0.6 is 0 Å². The van der Waals surface area contributed by atoms with Gasteiger partial charge in [0.05, 0.1) is 5.54 Å². The van der Waals surface area contributed by atoms with Crippen LogP contribution < -0.4 is 11.1 Å². The molecule has 0 heterocycles. The van der Waals surface area contributed by atoms with Gasteiger partial charge >= 0.3 is 0 Å². The minimum atomic E-state index is -0.155. The van der Waals surface area contributed by atoms with Gasteiger partial charge in [-0.2, -0.15) is 0 Å². The molecule has 1 saturated carbocycles. The Hall–Kier alpha value is -0.570. The van der Waals surface area contributed by atoms with E-state index in [4.69, 9.17) is 5.73 Å². The van der Waals surface area contributed by atoms with Gasteiger partial charge in [-0.3, -0.25) is 4.79 Å². The fraction of sp³-hybridized carbons (Fsp3) is 0.938. The summed E-state index contributed by atoms with van der Waals surface area (Å²) in [4.78, 5) is 11.9. The Labute approximate surface area is 118 Å². The van der Waals surface area contributed by atoms with E-state index >= 15 is 0 Å². The molecule has 1 atom stereocenters. The standard InChI is InChI=1S/C16H32N2O/c1-3-4-5-6-7-8-9-10-15(19)18-16(2,13-17)14-11-12-14/h14H,3-13,17H2,1-2H3,(H,18,19). The average Bonchev–Trinajstić information content (AvgIpc) is 3.22. The van der Waals surface area contributed by atoms with Crippen LogP contribution in [0.15, 0.2) is 0 Å². The minimum absolute atomic E-state index is 0.155.